The van der Waals surface area contributed by atoms with Crippen molar-refractivity contribution in [2.24, 2.45) is 0 Å². The van der Waals surface area contributed by atoms with Gasteiger partial charge in [0.1, 0.15) is 11.3 Å². The molecule has 10 aromatic carbocycles. The lowest BCUT2D eigenvalue weighted by atomic mass is 9.79. The van der Waals surface area contributed by atoms with E-state index in [0.29, 0.717) is 0 Å². The van der Waals surface area contributed by atoms with Gasteiger partial charge < -0.3 is 18.6 Å². The van der Waals surface area contributed by atoms with Crippen molar-refractivity contribution in [2.45, 2.75) is 45.4 Å². The molecule has 4 nitrogen and oxygen atoms in total. The average molecular weight is 967 g/mol. The van der Waals surface area contributed by atoms with Crippen LogP contribution in [0.15, 0.2) is 228 Å². The largest absolute Gasteiger partial charge is 0.454 e. The van der Waals surface area contributed by atoms with Crippen LogP contribution in [0.1, 0.15) is 68.2 Å². The summed E-state index contributed by atoms with van der Waals surface area (Å²) in [6, 6.07) is 75.1. The van der Waals surface area contributed by atoms with Gasteiger partial charge in [-0.15, -0.1) is 0 Å². The predicted molar refractivity (Wildman–Crippen MR) is 316 cm³/mol. The standard InChI is InChI=1S/C71H54N2O2/c1-7-23-51-53-34-21-36-62(68(53)74-65(51)8-2)72(45-26-14-10-15-27-45)47-38-39-49-56-41-60-57(42-59(56)70(3,4)58(49)40-47)66-52-31-19-18-30-50(52)64(43-61(66)71(60,5)6)73(46-28-16-11-17-29-46)63-37-22-35-55-54-33-20-32-48(67(54)75-69(55)63)44-24-12-9-13-25-44/h7-43H,2H2,1,3-6H3/b23-7-. The number of fused-ring (bicyclic) bond motifs is 12. The topological polar surface area (TPSA) is 32.8 Å². The van der Waals surface area contributed by atoms with E-state index in [1.165, 1.54) is 55.3 Å². The minimum absolute atomic E-state index is 0.303. The highest BCUT2D eigenvalue weighted by Crippen LogP contribution is 2.60. The van der Waals surface area contributed by atoms with Gasteiger partial charge in [-0.05, 0) is 135 Å². The zero-order chi connectivity index (χ0) is 50.7. The Labute approximate surface area is 437 Å². The second kappa shape index (κ2) is 16.7. The molecule has 2 aliphatic carbocycles. The van der Waals surface area contributed by atoms with Gasteiger partial charge in [0, 0.05) is 60.6 Å². The number of hydrogen-bond donors (Lipinski definition) is 0. The Bertz CT molecular complexity index is 4330. The van der Waals surface area contributed by atoms with Gasteiger partial charge in [0.05, 0.1) is 17.1 Å². The van der Waals surface area contributed by atoms with Crippen molar-refractivity contribution in [3.05, 3.63) is 252 Å². The van der Waals surface area contributed by atoms with Gasteiger partial charge in [-0.25, -0.2) is 0 Å². The summed E-state index contributed by atoms with van der Waals surface area (Å²) in [5, 5.41) is 5.67. The molecule has 0 bridgehead atoms. The summed E-state index contributed by atoms with van der Waals surface area (Å²) >= 11 is 0. The lowest BCUT2D eigenvalue weighted by molar-refractivity contribution is 0.604. The molecule has 0 fully saturated rings. The van der Waals surface area contributed by atoms with Crippen LogP contribution in [0.2, 0.25) is 0 Å². The van der Waals surface area contributed by atoms with E-state index in [1.54, 1.807) is 0 Å². The van der Waals surface area contributed by atoms with Gasteiger partial charge >= 0.3 is 0 Å². The highest BCUT2D eigenvalue weighted by Gasteiger charge is 2.43. The summed E-state index contributed by atoms with van der Waals surface area (Å²) in [6.07, 6.45) is 5.98. The monoisotopic (exact) mass is 966 g/mol. The number of rotatable bonds is 9. The molecule has 2 heterocycles. The fraction of sp³-hybridized carbons (Fsp3) is 0.0986. The van der Waals surface area contributed by atoms with Gasteiger partial charge in [0.15, 0.2) is 11.2 Å². The molecular weight excluding hydrogens is 913 g/mol. The first-order chi connectivity index (χ1) is 36.6. The maximum Gasteiger partial charge on any atom is 0.159 e. The molecule has 4 heteroatoms. The molecule has 0 spiro atoms. The van der Waals surface area contributed by atoms with Crippen molar-refractivity contribution in [2.75, 3.05) is 9.80 Å². The molecule has 75 heavy (non-hydrogen) atoms. The molecule has 0 radical (unpaired) electrons. The van der Waals surface area contributed by atoms with Crippen LogP contribution in [0.3, 0.4) is 0 Å². The third-order valence-electron chi connectivity index (χ3n) is 16.3. The van der Waals surface area contributed by atoms with Crippen molar-refractivity contribution < 1.29 is 8.83 Å². The predicted octanol–water partition coefficient (Wildman–Crippen LogP) is 20.4. The minimum atomic E-state index is -0.328. The normalized spacial score (nSPS) is 13.9. The van der Waals surface area contributed by atoms with E-state index in [-0.39, 0.29) is 10.8 Å². The van der Waals surface area contributed by atoms with Crippen LogP contribution in [-0.4, -0.2) is 0 Å². The number of anilines is 6. The van der Waals surface area contributed by atoms with Crippen molar-refractivity contribution in [3.8, 4) is 33.4 Å². The van der Waals surface area contributed by atoms with Gasteiger partial charge in [-0.3, -0.25) is 0 Å². The smallest absolute Gasteiger partial charge is 0.159 e. The Morgan fingerprint density at radius 3 is 1.65 bits per heavy atom. The summed E-state index contributed by atoms with van der Waals surface area (Å²) < 4.78 is 13.8. The van der Waals surface area contributed by atoms with Crippen LogP contribution in [0.4, 0.5) is 34.1 Å². The van der Waals surface area contributed by atoms with Crippen molar-refractivity contribution >= 4 is 90.0 Å². The quantitative estimate of drug-likeness (QED) is 0.144. The minimum Gasteiger partial charge on any atom is -0.454 e. The number of hydrogen-bond acceptors (Lipinski definition) is 4. The SMILES string of the molecule is C=Cc1oc2c(N(c3ccccc3)c3ccc4c(c3)C(C)(C)c3cc5c(cc3-4)C(C)(C)c3cc(N(c4ccccc4)c4cccc6c4oc4c(-c7ccccc7)cccc46)c4ccccc4c3-5)cccc2c1/C=C\C. The van der Waals surface area contributed by atoms with Crippen LogP contribution in [0, 0.1) is 0 Å². The number of para-hydroxylation sites is 5. The van der Waals surface area contributed by atoms with Gasteiger partial charge in [0.25, 0.3) is 0 Å². The molecule has 2 aliphatic rings. The Morgan fingerprint density at radius 1 is 0.400 bits per heavy atom. The van der Waals surface area contributed by atoms with Crippen LogP contribution >= 0.6 is 0 Å². The fourth-order valence-corrected chi connectivity index (χ4v) is 12.7. The van der Waals surface area contributed by atoms with Crippen LogP contribution < -0.4 is 9.80 Å². The summed E-state index contributed by atoms with van der Waals surface area (Å²) in [7, 11) is 0. The number of benzene rings is 10. The molecule has 2 aromatic heterocycles. The van der Waals surface area contributed by atoms with E-state index in [2.05, 4.69) is 262 Å². The number of furan rings is 2. The summed E-state index contributed by atoms with van der Waals surface area (Å²) in [5.41, 5.74) is 22.0. The van der Waals surface area contributed by atoms with Crippen LogP contribution in [-0.2, 0) is 10.8 Å². The van der Waals surface area contributed by atoms with E-state index in [9.17, 15) is 0 Å². The summed E-state index contributed by atoms with van der Waals surface area (Å²) in [6.45, 7) is 15.8. The zero-order valence-electron chi connectivity index (χ0n) is 42.8. The molecule has 14 rings (SSSR count). The first-order valence-corrected chi connectivity index (χ1v) is 26.1. The van der Waals surface area contributed by atoms with E-state index < -0.39 is 0 Å². The summed E-state index contributed by atoms with van der Waals surface area (Å²) in [5.74, 6) is 0.766. The second-order valence-electron chi connectivity index (χ2n) is 21.2. The molecular formula is C71H54N2O2. The van der Waals surface area contributed by atoms with Crippen LogP contribution in [0.5, 0.6) is 0 Å². The Kier molecular flexibility index (Phi) is 9.93. The Balaban J connectivity index is 0.927. The second-order valence-corrected chi connectivity index (χ2v) is 21.2. The number of allylic oxidation sites excluding steroid dienone is 1. The first-order valence-electron chi connectivity index (χ1n) is 26.1. The molecule has 360 valence electrons. The molecule has 0 saturated carbocycles. The molecule has 0 amide bonds. The third-order valence-corrected chi connectivity index (χ3v) is 16.3. The highest BCUT2D eigenvalue weighted by atomic mass is 16.3. The fourth-order valence-electron chi connectivity index (χ4n) is 12.7. The van der Waals surface area contributed by atoms with Gasteiger partial charge in [-0.1, -0.05) is 186 Å². The van der Waals surface area contributed by atoms with E-state index in [0.717, 1.165) is 89.5 Å². The van der Waals surface area contributed by atoms with E-state index in [1.807, 2.05) is 13.0 Å². The van der Waals surface area contributed by atoms with Gasteiger partial charge in [0.2, 0.25) is 0 Å². The lowest BCUT2D eigenvalue weighted by Crippen LogP contribution is -2.18. The molecule has 0 N–H and O–H groups in total. The maximum atomic E-state index is 7.13. The number of nitrogens with zero attached hydrogens (tertiary/aromatic N) is 2. The lowest BCUT2D eigenvalue weighted by Gasteiger charge is -2.29. The molecule has 0 saturated heterocycles. The van der Waals surface area contributed by atoms with Crippen LogP contribution in [0.25, 0.3) is 89.2 Å². The molecule has 12 aromatic rings. The highest BCUT2D eigenvalue weighted by molar-refractivity contribution is 6.16. The van der Waals surface area contributed by atoms with Crippen molar-refractivity contribution in [1.29, 1.82) is 0 Å². The Hall–Kier alpha value is -9.12. The molecule has 0 unspecified atom stereocenters. The van der Waals surface area contributed by atoms with Gasteiger partial charge in [-0.2, -0.15) is 0 Å². The third kappa shape index (κ3) is 6.55. The van der Waals surface area contributed by atoms with E-state index >= 15 is 0 Å². The Morgan fingerprint density at radius 2 is 0.947 bits per heavy atom. The average Bonchev–Trinajstić information content (AvgIpc) is 4.16. The molecule has 0 atom stereocenters. The first kappa shape index (κ1) is 44.6. The van der Waals surface area contributed by atoms with Crippen molar-refractivity contribution in [1.82, 2.24) is 0 Å². The molecule has 0 aliphatic heterocycles. The maximum absolute atomic E-state index is 7.13. The summed E-state index contributed by atoms with van der Waals surface area (Å²) in [4.78, 5) is 4.77. The van der Waals surface area contributed by atoms with E-state index in [4.69, 9.17) is 8.83 Å². The zero-order valence-corrected chi connectivity index (χ0v) is 42.8. The van der Waals surface area contributed by atoms with Crippen molar-refractivity contribution in [3.63, 3.8) is 0 Å².